The highest BCUT2D eigenvalue weighted by atomic mass is 32.2. The van der Waals surface area contributed by atoms with E-state index >= 15 is 0 Å². The van der Waals surface area contributed by atoms with Gasteiger partial charge in [0.25, 0.3) is 0 Å². The fourth-order valence-electron chi connectivity index (χ4n) is 2.17. The van der Waals surface area contributed by atoms with Gasteiger partial charge < -0.3 is 5.32 Å². The molecule has 0 saturated heterocycles. The topological polar surface area (TPSA) is 12.0 Å². The summed E-state index contributed by atoms with van der Waals surface area (Å²) in [7, 11) is 0. The van der Waals surface area contributed by atoms with Gasteiger partial charge in [-0.3, -0.25) is 0 Å². The summed E-state index contributed by atoms with van der Waals surface area (Å²) in [4.78, 5) is 0. The van der Waals surface area contributed by atoms with Gasteiger partial charge in [-0.2, -0.15) is 11.8 Å². The zero-order valence-electron chi connectivity index (χ0n) is 11.6. The first kappa shape index (κ1) is 14.0. The Morgan fingerprint density at radius 2 is 2.22 bits per heavy atom. The molecule has 0 amide bonds. The SMILES string of the molecule is CCSCCC(C)NCc1cccc(C2CC2)c1. The Balaban J connectivity index is 1.73. The minimum Gasteiger partial charge on any atom is -0.310 e. The van der Waals surface area contributed by atoms with Crippen LogP contribution in [-0.4, -0.2) is 17.5 Å². The summed E-state index contributed by atoms with van der Waals surface area (Å²) >= 11 is 2.03. The molecule has 1 aliphatic carbocycles. The monoisotopic (exact) mass is 263 g/mol. The maximum absolute atomic E-state index is 3.63. The maximum Gasteiger partial charge on any atom is 0.0208 e. The smallest absolute Gasteiger partial charge is 0.0208 e. The van der Waals surface area contributed by atoms with Crippen molar-refractivity contribution in [1.29, 1.82) is 0 Å². The second kappa shape index (κ2) is 7.20. The van der Waals surface area contributed by atoms with E-state index in [-0.39, 0.29) is 0 Å². The highest BCUT2D eigenvalue weighted by molar-refractivity contribution is 7.99. The minimum atomic E-state index is 0.619. The van der Waals surface area contributed by atoms with Crippen LogP contribution in [0.3, 0.4) is 0 Å². The van der Waals surface area contributed by atoms with Gasteiger partial charge in [0, 0.05) is 12.6 Å². The molecule has 0 spiro atoms. The summed E-state index contributed by atoms with van der Waals surface area (Å²) in [5, 5.41) is 3.63. The molecule has 1 aliphatic rings. The first-order chi connectivity index (χ1) is 8.79. The number of nitrogens with one attached hydrogen (secondary N) is 1. The van der Waals surface area contributed by atoms with Crippen LogP contribution in [0.5, 0.6) is 0 Å². The van der Waals surface area contributed by atoms with Crippen molar-refractivity contribution in [2.75, 3.05) is 11.5 Å². The van der Waals surface area contributed by atoms with Crippen LogP contribution in [0.1, 0.15) is 50.2 Å². The Morgan fingerprint density at radius 1 is 1.39 bits per heavy atom. The molecule has 1 aromatic rings. The summed E-state index contributed by atoms with van der Waals surface area (Å²) in [5.74, 6) is 3.37. The van der Waals surface area contributed by atoms with Gasteiger partial charge >= 0.3 is 0 Å². The van der Waals surface area contributed by atoms with Crippen LogP contribution in [0.4, 0.5) is 0 Å². The quantitative estimate of drug-likeness (QED) is 0.706. The molecular formula is C16H25NS. The largest absolute Gasteiger partial charge is 0.310 e. The zero-order valence-corrected chi connectivity index (χ0v) is 12.4. The molecule has 18 heavy (non-hydrogen) atoms. The first-order valence-corrected chi connectivity index (χ1v) is 8.35. The van der Waals surface area contributed by atoms with Crippen molar-refractivity contribution in [2.45, 2.75) is 51.6 Å². The molecule has 1 fully saturated rings. The predicted molar refractivity (Wildman–Crippen MR) is 82.3 cm³/mol. The fraction of sp³-hybridized carbons (Fsp3) is 0.625. The van der Waals surface area contributed by atoms with Gasteiger partial charge in [0.2, 0.25) is 0 Å². The van der Waals surface area contributed by atoms with Crippen molar-refractivity contribution >= 4 is 11.8 Å². The molecule has 1 saturated carbocycles. The molecule has 1 atom stereocenters. The number of rotatable bonds is 8. The van der Waals surface area contributed by atoms with Crippen LogP contribution < -0.4 is 5.32 Å². The van der Waals surface area contributed by atoms with E-state index in [9.17, 15) is 0 Å². The molecule has 2 rings (SSSR count). The molecule has 2 heteroatoms. The van der Waals surface area contributed by atoms with Crippen LogP contribution in [0, 0.1) is 0 Å². The Morgan fingerprint density at radius 3 is 2.94 bits per heavy atom. The second-order valence-electron chi connectivity index (χ2n) is 5.29. The van der Waals surface area contributed by atoms with Gasteiger partial charge in [-0.05, 0) is 54.7 Å². The number of hydrogen-bond donors (Lipinski definition) is 1. The lowest BCUT2D eigenvalue weighted by Gasteiger charge is -2.14. The molecule has 0 aliphatic heterocycles. The molecule has 0 bridgehead atoms. The summed E-state index contributed by atoms with van der Waals surface area (Å²) in [5.41, 5.74) is 2.98. The van der Waals surface area contributed by atoms with E-state index < -0.39 is 0 Å². The Bertz CT molecular complexity index is 360. The normalized spacial score (nSPS) is 16.8. The average Bonchev–Trinajstić information content (AvgIpc) is 3.21. The molecular weight excluding hydrogens is 238 g/mol. The molecule has 1 N–H and O–H groups in total. The summed E-state index contributed by atoms with van der Waals surface area (Å²) in [6.45, 7) is 5.53. The van der Waals surface area contributed by atoms with Crippen LogP contribution in [0.25, 0.3) is 0 Å². The molecule has 100 valence electrons. The third-order valence-corrected chi connectivity index (χ3v) is 4.49. The Hall–Kier alpha value is -0.470. The summed E-state index contributed by atoms with van der Waals surface area (Å²) in [6.07, 6.45) is 4.05. The minimum absolute atomic E-state index is 0.619. The van der Waals surface area contributed by atoms with Gasteiger partial charge in [0.05, 0.1) is 0 Å². The van der Waals surface area contributed by atoms with Gasteiger partial charge in [0.1, 0.15) is 0 Å². The van der Waals surface area contributed by atoms with E-state index in [1.54, 1.807) is 5.56 Å². The molecule has 1 aromatic carbocycles. The average molecular weight is 263 g/mol. The lowest BCUT2D eigenvalue weighted by atomic mass is 10.1. The van der Waals surface area contributed by atoms with Crippen LogP contribution >= 0.6 is 11.8 Å². The number of thioether (sulfide) groups is 1. The van der Waals surface area contributed by atoms with E-state index in [1.807, 2.05) is 11.8 Å². The standard InChI is InChI=1S/C16H25NS/c1-3-18-10-9-13(2)17-12-14-5-4-6-16(11-14)15-7-8-15/h4-6,11,13,15,17H,3,7-10,12H2,1-2H3. The Labute approximate surface area is 116 Å². The first-order valence-electron chi connectivity index (χ1n) is 7.19. The van der Waals surface area contributed by atoms with Crippen molar-refractivity contribution in [3.8, 4) is 0 Å². The van der Waals surface area contributed by atoms with Crippen LogP contribution in [0.2, 0.25) is 0 Å². The molecule has 1 unspecified atom stereocenters. The second-order valence-corrected chi connectivity index (χ2v) is 6.68. The van der Waals surface area contributed by atoms with Crippen molar-refractivity contribution < 1.29 is 0 Å². The van der Waals surface area contributed by atoms with E-state index in [1.165, 1.54) is 36.3 Å². The van der Waals surface area contributed by atoms with Gasteiger partial charge in [-0.1, -0.05) is 31.2 Å². The third kappa shape index (κ3) is 4.66. The van der Waals surface area contributed by atoms with E-state index in [2.05, 4.69) is 43.4 Å². The summed E-state index contributed by atoms with van der Waals surface area (Å²) < 4.78 is 0. The predicted octanol–water partition coefficient (Wildman–Crippen LogP) is 4.19. The van der Waals surface area contributed by atoms with E-state index in [0.29, 0.717) is 6.04 Å². The van der Waals surface area contributed by atoms with Crippen molar-refractivity contribution in [3.63, 3.8) is 0 Å². The third-order valence-electron chi connectivity index (χ3n) is 3.55. The lowest BCUT2D eigenvalue weighted by molar-refractivity contribution is 0.537. The molecule has 0 radical (unpaired) electrons. The van der Waals surface area contributed by atoms with Crippen molar-refractivity contribution in [3.05, 3.63) is 35.4 Å². The van der Waals surface area contributed by atoms with Crippen LogP contribution in [0.15, 0.2) is 24.3 Å². The summed E-state index contributed by atoms with van der Waals surface area (Å²) in [6, 6.07) is 9.74. The lowest BCUT2D eigenvalue weighted by Crippen LogP contribution is -2.26. The Kier molecular flexibility index (Phi) is 5.58. The van der Waals surface area contributed by atoms with E-state index in [4.69, 9.17) is 0 Å². The van der Waals surface area contributed by atoms with Gasteiger partial charge in [-0.25, -0.2) is 0 Å². The van der Waals surface area contributed by atoms with Crippen molar-refractivity contribution in [1.82, 2.24) is 5.32 Å². The zero-order chi connectivity index (χ0) is 12.8. The highest BCUT2D eigenvalue weighted by Gasteiger charge is 2.23. The van der Waals surface area contributed by atoms with E-state index in [0.717, 1.165) is 12.5 Å². The fourth-order valence-corrected chi connectivity index (χ4v) is 2.98. The van der Waals surface area contributed by atoms with Crippen molar-refractivity contribution in [2.24, 2.45) is 0 Å². The molecule has 1 nitrogen and oxygen atoms in total. The highest BCUT2D eigenvalue weighted by Crippen LogP contribution is 2.40. The molecule has 0 heterocycles. The van der Waals surface area contributed by atoms with Gasteiger partial charge in [0.15, 0.2) is 0 Å². The molecule has 0 aromatic heterocycles. The van der Waals surface area contributed by atoms with Crippen LogP contribution in [-0.2, 0) is 6.54 Å². The maximum atomic E-state index is 3.63. The van der Waals surface area contributed by atoms with Gasteiger partial charge in [-0.15, -0.1) is 0 Å². The number of hydrogen-bond acceptors (Lipinski definition) is 2. The number of benzene rings is 1.